The largest absolute Gasteiger partial charge is 0.490 e. The van der Waals surface area contributed by atoms with Crippen LogP contribution in [0.4, 0.5) is 0 Å². The number of hydrogen-bond acceptors (Lipinski definition) is 5. The van der Waals surface area contributed by atoms with Crippen molar-refractivity contribution in [3.05, 3.63) is 41.7 Å². The molecule has 0 bridgehead atoms. The second-order valence-electron chi connectivity index (χ2n) is 7.02. The van der Waals surface area contributed by atoms with Crippen LogP contribution in [0.1, 0.15) is 43.4 Å². The number of hydrogen-bond donors (Lipinski definition) is 2. The van der Waals surface area contributed by atoms with Gasteiger partial charge in [0.2, 0.25) is 0 Å². The first-order valence-electron chi connectivity index (χ1n) is 8.78. The highest BCUT2D eigenvalue weighted by Gasteiger charge is 2.39. The number of ether oxygens (including phenoxy) is 1. The zero-order valence-electron chi connectivity index (χ0n) is 13.8. The second kappa shape index (κ2) is 6.53. The zero-order chi connectivity index (χ0) is 16.4. The van der Waals surface area contributed by atoms with Crippen molar-refractivity contribution in [1.82, 2.24) is 20.3 Å². The van der Waals surface area contributed by atoms with E-state index in [2.05, 4.69) is 38.5 Å². The van der Waals surface area contributed by atoms with Crippen LogP contribution in [0.25, 0.3) is 0 Å². The summed E-state index contributed by atoms with van der Waals surface area (Å²) in [5.74, 6) is 0.963. The van der Waals surface area contributed by atoms with Crippen molar-refractivity contribution in [2.45, 2.75) is 50.4 Å². The van der Waals surface area contributed by atoms with Crippen molar-refractivity contribution in [1.29, 1.82) is 0 Å². The lowest BCUT2D eigenvalue weighted by atomic mass is 10.00. The molecular formula is C18H24N4O2. The Bertz CT molecular complexity index is 669. The van der Waals surface area contributed by atoms with Gasteiger partial charge in [-0.15, -0.1) is 0 Å². The van der Waals surface area contributed by atoms with E-state index in [1.807, 2.05) is 6.07 Å². The minimum Gasteiger partial charge on any atom is -0.490 e. The van der Waals surface area contributed by atoms with Crippen LogP contribution in [0.2, 0.25) is 0 Å². The molecule has 0 amide bonds. The van der Waals surface area contributed by atoms with E-state index in [9.17, 15) is 5.11 Å². The Balaban J connectivity index is 1.39. The molecule has 1 atom stereocenters. The molecule has 1 saturated carbocycles. The highest BCUT2D eigenvalue weighted by molar-refractivity contribution is 5.29. The van der Waals surface area contributed by atoms with Gasteiger partial charge in [-0.05, 0) is 49.8 Å². The van der Waals surface area contributed by atoms with E-state index < -0.39 is 5.60 Å². The summed E-state index contributed by atoms with van der Waals surface area (Å²) in [6.07, 6.45) is 7.56. The SMILES string of the molecule is O[C@@]1(c2cn[nH]n2)CCN(Cc2cccc(OC3CCCC3)c2)C1. The molecule has 4 rings (SSSR count). The molecule has 1 aliphatic carbocycles. The summed E-state index contributed by atoms with van der Waals surface area (Å²) in [5, 5.41) is 21.2. The zero-order valence-corrected chi connectivity index (χ0v) is 13.8. The van der Waals surface area contributed by atoms with Gasteiger partial charge >= 0.3 is 0 Å². The molecule has 1 saturated heterocycles. The molecule has 6 nitrogen and oxygen atoms in total. The summed E-state index contributed by atoms with van der Waals surface area (Å²) in [7, 11) is 0. The fraction of sp³-hybridized carbons (Fsp3) is 0.556. The number of nitrogens with zero attached hydrogens (tertiary/aromatic N) is 3. The average molecular weight is 328 g/mol. The number of H-pyrrole nitrogens is 1. The van der Waals surface area contributed by atoms with Gasteiger partial charge in [-0.25, -0.2) is 0 Å². The van der Waals surface area contributed by atoms with Gasteiger partial charge in [0.05, 0.1) is 12.3 Å². The second-order valence-corrected chi connectivity index (χ2v) is 7.02. The third kappa shape index (κ3) is 3.30. The maximum atomic E-state index is 10.8. The standard InChI is InChI=1S/C18H24N4O2/c23-18(17-11-19-21-20-17)8-9-22(13-18)12-14-4-3-7-16(10-14)24-15-5-1-2-6-15/h3-4,7,10-11,15,23H,1-2,5-6,8-9,12-13H2,(H,19,20,21)/t18-/m0/s1. The van der Waals surface area contributed by atoms with E-state index >= 15 is 0 Å². The number of likely N-dealkylation sites (tertiary alicyclic amines) is 1. The number of aliphatic hydroxyl groups is 1. The van der Waals surface area contributed by atoms with Gasteiger partial charge in [0.15, 0.2) is 0 Å². The first kappa shape index (κ1) is 15.6. The van der Waals surface area contributed by atoms with Crippen molar-refractivity contribution in [2.75, 3.05) is 13.1 Å². The predicted octanol–water partition coefficient (Wildman–Crippen LogP) is 2.22. The Labute approximate surface area is 141 Å². The third-order valence-electron chi connectivity index (χ3n) is 5.13. The maximum Gasteiger partial charge on any atom is 0.124 e. The molecule has 1 aromatic heterocycles. The molecule has 6 heteroatoms. The maximum absolute atomic E-state index is 10.8. The van der Waals surface area contributed by atoms with Crippen LogP contribution in [0.15, 0.2) is 30.5 Å². The summed E-state index contributed by atoms with van der Waals surface area (Å²) in [4.78, 5) is 2.25. The molecular weight excluding hydrogens is 304 g/mol. The summed E-state index contributed by atoms with van der Waals surface area (Å²) in [6.45, 7) is 2.23. The minimum absolute atomic E-state index is 0.379. The Kier molecular flexibility index (Phi) is 4.24. The lowest BCUT2D eigenvalue weighted by Gasteiger charge is -2.21. The van der Waals surface area contributed by atoms with E-state index in [0.717, 1.165) is 18.8 Å². The monoisotopic (exact) mass is 328 g/mol. The highest BCUT2D eigenvalue weighted by atomic mass is 16.5. The molecule has 0 spiro atoms. The molecule has 0 radical (unpaired) electrons. The third-order valence-corrected chi connectivity index (χ3v) is 5.13. The van der Waals surface area contributed by atoms with E-state index in [1.165, 1.54) is 31.2 Å². The van der Waals surface area contributed by atoms with Gasteiger partial charge in [0.25, 0.3) is 0 Å². The van der Waals surface area contributed by atoms with Crippen LogP contribution in [0.3, 0.4) is 0 Å². The van der Waals surface area contributed by atoms with Gasteiger partial charge in [0.1, 0.15) is 17.0 Å². The number of aromatic amines is 1. The van der Waals surface area contributed by atoms with Gasteiger partial charge in [-0.1, -0.05) is 12.1 Å². The summed E-state index contributed by atoms with van der Waals surface area (Å²) in [5.41, 5.74) is 0.948. The van der Waals surface area contributed by atoms with Gasteiger partial charge < -0.3 is 9.84 Å². The summed E-state index contributed by atoms with van der Waals surface area (Å²) in [6, 6.07) is 8.35. The van der Waals surface area contributed by atoms with E-state index in [0.29, 0.717) is 24.8 Å². The Morgan fingerprint density at radius 3 is 3.00 bits per heavy atom. The molecule has 0 unspecified atom stereocenters. The average Bonchev–Trinajstić information content (AvgIpc) is 3.30. The molecule has 1 aromatic carbocycles. The fourth-order valence-electron chi connectivity index (χ4n) is 3.81. The molecule has 2 aromatic rings. The molecule has 2 heterocycles. The normalized spacial score (nSPS) is 25.4. The fourth-order valence-corrected chi connectivity index (χ4v) is 3.81. The van der Waals surface area contributed by atoms with Crippen LogP contribution in [-0.2, 0) is 12.1 Å². The van der Waals surface area contributed by atoms with Gasteiger partial charge in [-0.3, -0.25) is 4.90 Å². The van der Waals surface area contributed by atoms with Crippen molar-refractivity contribution in [2.24, 2.45) is 0 Å². The lowest BCUT2D eigenvalue weighted by molar-refractivity contribution is 0.0408. The van der Waals surface area contributed by atoms with Crippen LogP contribution in [0.5, 0.6) is 5.75 Å². The van der Waals surface area contributed by atoms with E-state index in [4.69, 9.17) is 4.74 Å². The van der Waals surface area contributed by atoms with Crippen LogP contribution in [-0.4, -0.2) is 44.6 Å². The summed E-state index contributed by atoms with van der Waals surface area (Å²) < 4.78 is 6.09. The number of β-amino-alcohol motifs (C(OH)–C–C–N with tert-alkyl or cyclic N) is 1. The van der Waals surface area contributed by atoms with Gasteiger partial charge in [-0.2, -0.15) is 15.4 Å². The predicted molar refractivity (Wildman–Crippen MR) is 89.5 cm³/mol. The molecule has 2 aliphatic rings. The minimum atomic E-state index is -0.898. The summed E-state index contributed by atoms with van der Waals surface area (Å²) >= 11 is 0. The van der Waals surface area contributed by atoms with Crippen molar-refractivity contribution >= 4 is 0 Å². The Hall–Kier alpha value is -1.92. The van der Waals surface area contributed by atoms with Crippen molar-refractivity contribution < 1.29 is 9.84 Å². The topological polar surface area (TPSA) is 74.3 Å². The number of nitrogens with one attached hydrogen (secondary N) is 1. The van der Waals surface area contributed by atoms with Gasteiger partial charge in [0, 0.05) is 19.6 Å². The van der Waals surface area contributed by atoms with E-state index in [-0.39, 0.29) is 0 Å². The lowest BCUT2D eigenvalue weighted by Crippen LogP contribution is -2.31. The quantitative estimate of drug-likeness (QED) is 0.880. The number of rotatable bonds is 5. The first-order valence-corrected chi connectivity index (χ1v) is 8.78. The van der Waals surface area contributed by atoms with E-state index in [1.54, 1.807) is 6.20 Å². The highest BCUT2D eigenvalue weighted by Crippen LogP contribution is 2.31. The molecule has 1 aliphatic heterocycles. The first-order chi connectivity index (χ1) is 11.7. The Morgan fingerprint density at radius 1 is 1.33 bits per heavy atom. The number of aromatic nitrogens is 3. The van der Waals surface area contributed by atoms with Crippen molar-refractivity contribution in [3.63, 3.8) is 0 Å². The van der Waals surface area contributed by atoms with Crippen LogP contribution in [0, 0.1) is 0 Å². The molecule has 128 valence electrons. The van der Waals surface area contributed by atoms with Crippen LogP contribution >= 0.6 is 0 Å². The van der Waals surface area contributed by atoms with Crippen molar-refractivity contribution in [3.8, 4) is 5.75 Å². The molecule has 2 N–H and O–H groups in total. The number of benzene rings is 1. The molecule has 2 fully saturated rings. The molecule has 24 heavy (non-hydrogen) atoms. The Morgan fingerprint density at radius 2 is 2.21 bits per heavy atom. The van der Waals surface area contributed by atoms with Crippen LogP contribution < -0.4 is 4.74 Å². The smallest absolute Gasteiger partial charge is 0.124 e.